The largest absolute Gasteiger partial charge is 0.317 e. The molecule has 0 radical (unpaired) electrons. The van der Waals surface area contributed by atoms with Crippen molar-refractivity contribution in [3.05, 3.63) is 35.9 Å². The van der Waals surface area contributed by atoms with Gasteiger partial charge in [-0.25, -0.2) is 0 Å². The summed E-state index contributed by atoms with van der Waals surface area (Å²) in [7, 11) is 2.09. The molecule has 1 fully saturated rings. The number of hydrogen-bond donors (Lipinski definition) is 1. The molecule has 2 rings (SSSR count). The summed E-state index contributed by atoms with van der Waals surface area (Å²) in [6.07, 6.45) is 3.98. The molecule has 0 aliphatic heterocycles. The van der Waals surface area contributed by atoms with Gasteiger partial charge in [0, 0.05) is 6.04 Å². The molecule has 1 aliphatic carbocycles. The van der Waals surface area contributed by atoms with Crippen molar-refractivity contribution < 1.29 is 0 Å². The van der Waals surface area contributed by atoms with Crippen LogP contribution in [0.4, 0.5) is 0 Å². The van der Waals surface area contributed by atoms with Crippen LogP contribution in [0.1, 0.15) is 37.7 Å². The van der Waals surface area contributed by atoms with Gasteiger partial charge in [-0.3, -0.25) is 0 Å². The summed E-state index contributed by atoms with van der Waals surface area (Å²) in [6, 6.07) is 11.7. The zero-order valence-electron chi connectivity index (χ0n) is 9.74. The Balaban J connectivity index is 2.03. The summed E-state index contributed by atoms with van der Waals surface area (Å²) in [5, 5.41) is 3.43. The molecule has 1 N–H and O–H groups in total. The van der Waals surface area contributed by atoms with Crippen LogP contribution in [0, 0.1) is 5.92 Å². The van der Waals surface area contributed by atoms with Gasteiger partial charge in [0.2, 0.25) is 0 Å². The van der Waals surface area contributed by atoms with Gasteiger partial charge in [-0.2, -0.15) is 0 Å². The Morgan fingerprint density at radius 2 is 1.87 bits per heavy atom. The second-order valence-electron chi connectivity index (χ2n) is 4.79. The van der Waals surface area contributed by atoms with E-state index in [1.165, 1.54) is 24.8 Å². The van der Waals surface area contributed by atoms with Crippen molar-refractivity contribution in [2.24, 2.45) is 5.92 Å². The smallest absolute Gasteiger partial charge is 0.00901 e. The summed E-state index contributed by atoms with van der Waals surface area (Å²) in [4.78, 5) is 0. The van der Waals surface area contributed by atoms with Gasteiger partial charge in [0.05, 0.1) is 0 Å². The van der Waals surface area contributed by atoms with Crippen molar-refractivity contribution in [2.75, 3.05) is 7.05 Å². The summed E-state index contributed by atoms with van der Waals surface area (Å²) in [5.74, 6) is 1.58. The Kier molecular flexibility index (Phi) is 3.42. The van der Waals surface area contributed by atoms with Crippen molar-refractivity contribution in [3.8, 4) is 0 Å². The van der Waals surface area contributed by atoms with Crippen LogP contribution in [0.5, 0.6) is 0 Å². The van der Waals surface area contributed by atoms with Crippen LogP contribution < -0.4 is 5.32 Å². The zero-order chi connectivity index (χ0) is 10.7. The molecule has 0 bridgehead atoms. The van der Waals surface area contributed by atoms with Crippen molar-refractivity contribution in [3.63, 3.8) is 0 Å². The molecule has 1 aromatic carbocycles. The van der Waals surface area contributed by atoms with Gasteiger partial charge in [-0.1, -0.05) is 37.3 Å². The van der Waals surface area contributed by atoms with Crippen LogP contribution in [0.25, 0.3) is 0 Å². The van der Waals surface area contributed by atoms with Crippen LogP contribution in [0.2, 0.25) is 0 Å². The third kappa shape index (κ3) is 2.40. The molecule has 0 heterocycles. The van der Waals surface area contributed by atoms with Gasteiger partial charge >= 0.3 is 0 Å². The highest BCUT2D eigenvalue weighted by atomic mass is 14.9. The summed E-state index contributed by atoms with van der Waals surface area (Å²) < 4.78 is 0. The molecule has 82 valence electrons. The zero-order valence-corrected chi connectivity index (χ0v) is 9.74. The van der Waals surface area contributed by atoms with E-state index < -0.39 is 0 Å². The first-order valence-corrected chi connectivity index (χ1v) is 6.03. The molecule has 0 spiro atoms. The first kappa shape index (κ1) is 10.7. The molecule has 3 unspecified atom stereocenters. The summed E-state index contributed by atoms with van der Waals surface area (Å²) >= 11 is 0. The normalized spacial score (nSPS) is 31.5. The lowest BCUT2D eigenvalue weighted by Crippen LogP contribution is -2.36. The SMILES string of the molecule is CNC1CCC(c2ccccc2)CC1C. The molecule has 15 heavy (non-hydrogen) atoms. The number of nitrogens with one attached hydrogen (secondary N) is 1. The Bertz CT molecular complexity index is 293. The van der Waals surface area contributed by atoms with Crippen molar-refractivity contribution in [2.45, 2.75) is 38.1 Å². The van der Waals surface area contributed by atoms with Crippen LogP contribution >= 0.6 is 0 Å². The number of rotatable bonds is 2. The third-order valence-corrected chi connectivity index (χ3v) is 3.81. The Labute approximate surface area is 92.9 Å². The average molecular weight is 203 g/mol. The second-order valence-corrected chi connectivity index (χ2v) is 4.79. The maximum atomic E-state index is 3.43. The fraction of sp³-hybridized carbons (Fsp3) is 0.571. The van der Waals surface area contributed by atoms with Gasteiger partial charge < -0.3 is 5.32 Å². The van der Waals surface area contributed by atoms with Crippen LogP contribution in [0.15, 0.2) is 30.3 Å². The van der Waals surface area contributed by atoms with E-state index >= 15 is 0 Å². The predicted octanol–water partition coefficient (Wildman–Crippen LogP) is 3.18. The molecule has 1 heteroatoms. The fourth-order valence-electron chi connectivity index (χ4n) is 2.85. The molecular weight excluding hydrogens is 182 g/mol. The van der Waals surface area contributed by atoms with Gasteiger partial charge in [0.15, 0.2) is 0 Å². The Morgan fingerprint density at radius 3 is 2.47 bits per heavy atom. The van der Waals surface area contributed by atoms with Gasteiger partial charge in [-0.05, 0) is 43.7 Å². The maximum absolute atomic E-state index is 3.43. The highest BCUT2D eigenvalue weighted by molar-refractivity contribution is 5.20. The van der Waals surface area contributed by atoms with Crippen LogP contribution in [-0.2, 0) is 0 Å². The minimum atomic E-state index is 0.727. The third-order valence-electron chi connectivity index (χ3n) is 3.81. The number of hydrogen-bond acceptors (Lipinski definition) is 1. The average Bonchev–Trinajstić information content (AvgIpc) is 2.30. The van der Waals surface area contributed by atoms with E-state index in [0.717, 1.165) is 17.9 Å². The molecular formula is C14H21N. The maximum Gasteiger partial charge on any atom is 0.00901 e. The van der Waals surface area contributed by atoms with Crippen molar-refractivity contribution >= 4 is 0 Å². The van der Waals surface area contributed by atoms with Crippen LogP contribution in [-0.4, -0.2) is 13.1 Å². The first-order chi connectivity index (χ1) is 7.31. The minimum absolute atomic E-state index is 0.727. The van der Waals surface area contributed by atoms with Gasteiger partial charge in [0.1, 0.15) is 0 Å². The molecule has 1 saturated carbocycles. The topological polar surface area (TPSA) is 12.0 Å². The monoisotopic (exact) mass is 203 g/mol. The van der Waals surface area contributed by atoms with E-state index in [1.807, 2.05) is 0 Å². The molecule has 1 aliphatic rings. The van der Waals surface area contributed by atoms with Crippen molar-refractivity contribution in [1.29, 1.82) is 0 Å². The van der Waals surface area contributed by atoms with E-state index in [9.17, 15) is 0 Å². The molecule has 3 atom stereocenters. The van der Waals surface area contributed by atoms with Gasteiger partial charge in [0.25, 0.3) is 0 Å². The van der Waals surface area contributed by atoms with Crippen LogP contribution in [0.3, 0.4) is 0 Å². The highest BCUT2D eigenvalue weighted by Gasteiger charge is 2.26. The van der Waals surface area contributed by atoms with E-state index in [2.05, 4.69) is 49.6 Å². The first-order valence-electron chi connectivity index (χ1n) is 6.03. The quantitative estimate of drug-likeness (QED) is 0.778. The Morgan fingerprint density at radius 1 is 1.13 bits per heavy atom. The number of benzene rings is 1. The fourth-order valence-corrected chi connectivity index (χ4v) is 2.85. The van der Waals surface area contributed by atoms with E-state index in [-0.39, 0.29) is 0 Å². The molecule has 1 aromatic rings. The lowest BCUT2D eigenvalue weighted by Gasteiger charge is -2.34. The van der Waals surface area contributed by atoms with Gasteiger partial charge in [-0.15, -0.1) is 0 Å². The standard InChI is InChI=1S/C14H21N/c1-11-10-13(8-9-14(11)15-2)12-6-4-3-5-7-12/h3-7,11,13-15H,8-10H2,1-2H3. The predicted molar refractivity (Wildman–Crippen MR) is 65.0 cm³/mol. The molecule has 1 nitrogen and oxygen atoms in total. The molecule has 0 amide bonds. The van der Waals surface area contributed by atoms with E-state index in [1.54, 1.807) is 0 Å². The molecule has 0 saturated heterocycles. The van der Waals surface area contributed by atoms with E-state index in [0.29, 0.717) is 0 Å². The van der Waals surface area contributed by atoms with Crippen molar-refractivity contribution in [1.82, 2.24) is 5.32 Å². The molecule has 0 aromatic heterocycles. The highest BCUT2D eigenvalue weighted by Crippen LogP contribution is 2.35. The summed E-state index contributed by atoms with van der Waals surface area (Å²) in [6.45, 7) is 2.37. The summed E-state index contributed by atoms with van der Waals surface area (Å²) in [5.41, 5.74) is 1.53. The lowest BCUT2D eigenvalue weighted by molar-refractivity contribution is 0.267. The minimum Gasteiger partial charge on any atom is -0.317 e. The second kappa shape index (κ2) is 4.80. The van der Waals surface area contributed by atoms with E-state index in [4.69, 9.17) is 0 Å². The Hall–Kier alpha value is -0.820. The lowest BCUT2D eigenvalue weighted by atomic mass is 9.76.